The van der Waals surface area contributed by atoms with Gasteiger partial charge in [-0.15, -0.1) is 0 Å². The summed E-state index contributed by atoms with van der Waals surface area (Å²) in [6, 6.07) is 16.1. The summed E-state index contributed by atoms with van der Waals surface area (Å²) in [5, 5.41) is 4.73. The van der Waals surface area contributed by atoms with Crippen molar-refractivity contribution in [2.24, 2.45) is 0 Å². The van der Waals surface area contributed by atoms with Gasteiger partial charge in [-0.05, 0) is 42.5 Å². The molecule has 2 aromatic rings. The molecule has 2 unspecified atom stereocenters. The number of carbonyl (C=O) groups excluding carboxylic acids is 2. The molecule has 0 aromatic heterocycles. The summed E-state index contributed by atoms with van der Waals surface area (Å²) >= 11 is 0. The second-order valence-corrected chi connectivity index (χ2v) is 7.91. The number of nitrogens with one attached hydrogen (secondary N) is 2. The van der Waals surface area contributed by atoms with Crippen LogP contribution in [0.2, 0.25) is 0 Å². The quantitative estimate of drug-likeness (QED) is 0.642. The van der Waals surface area contributed by atoms with Crippen LogP contribution in [-0.4, -0.2) is 40.9 Å². The van der Waals surface area contributed by atoms with E-state index in [2.05, 4.69) is 22.9 Å². The standard InChI is InChI=1S/C24H27FN4O2/c25-20-10-8-19(9-11-20)21-17-22-24(31)28(15-16-29(22)27-21)14-12-23(30)26-13-4-7-18-5-2-1-3-6-18/h1-3,5-6,8-11,15-16,21-22,27H,4,7,12-14,17H2,(H,26,30). The van der Waals surface area contributed by atoms with Crippen LogP contribution in [-0.2, 0) is 16.0 Å². The number of hydrazine groups is 1. The number of carbonyl (C=O) groups is 2. The van der Waals surface area contributed by atoms with E-state index in [9.17, 15) is 14.0 Å². The van der Waals surface area contributed by atoms with Gasteiger partial charge < -0.3 is 15.2 Å². The molecule has 2 N–H and O–H groups in total. The van der Waals surface area contributed by atoms with Gasteiger partial charge in [0.2, 0.25) is 5.91 Å². The van der Waals surface area contributed by atoms with Crippen molar-refractivity contribution < 1.29 is 14.0 Å². The number of rotatable bonds is 8. The van der Waals surface area contributed by atoms with E-state index in [0.717, 1.165) is 18.4 Å². The molecule has 1 saturated heterocycles. The minimum absolute atomic E-state index is 0.0310. The highest BCUT2D eigenvalue weighted by molar-refractivity contribution is 5.85. The van der Waals surface area contributed by atoms with Gasteiger partial charge in [-0.1, -0.05) is 42.5 Å². The Morgan fingerprint density at radius 2 is 1.87 bits per heavy atom. The predicted octanol–water partition coefficient (Wildman–Crippen LogP) is 2.90. The van der Waals surface area contributed by atoms with Crippen molar-refractivity contribution in [3.8, 4) is 0 Å². The maximum atomic E-state index is 13.2. The first-order valence-corrected chi connectivity index (χ1v) is 10.7. The molecule has 2 amide bonds. The fourth-order valence-electron chi connectivity index (χ4n) is 4.01. The summed E-state index contributed by atoms with van der Waals surface area (Å²) in [4.78, 5) is 26.6. The molecule has 7 heteroatoms. The molecule has 31 heavy (non-hydrogen) atoms. The number of nitrogens with zero attached hydrogens (tertiary/aromatic N) is 2. The van der Waals surface area contributed by atoms with Crippen LogP contribution in [0, 0.1) is 5.82 Å². The molecule has 2 atom stereocenters. The molecular formula is C24H27FN4O2. The third-order valence-corrected chi connectivity index (χ3v) is 5.73. The van der Waals surface area contributed by atoms with Crippen molar-refractivity contribution in [1.82, 2.24) is 20.7 Å². The molecule has 2 aliphatic rings. The van der Waals surface area contributed by atoms with Crippen molar-refractivity contribution in [2.45, 2.75) is 37.8 Å². The highest BCUT2D eigenvalue weighted by atomic mass is 19.1. The number of hydrogen-bond donors (Lipinski definition) is 2. The summed E-state index contributed by atoms with van der Waals surface area (Å²) in [6.45, 7) is 0.975. The zero-order valence-corrected chi connectivity index (χ0v) is 17.3. The van der Waals surface area contributed by atoms with Crippen molar-refractivity contribution in [1.29, 1.82) is 0 Å². The Balaban J connectivity index is 1.21. The third-order valence-electron chi connectivity index (χ3n) is 5.73. The molecule has 1 fully saturated rings. The van der Waals surface area contributed by atoms with Gasteiger partial charge in [0, 0.05) is 31.9 Å². The van der Waals surface area contributed by atoms with E-state index in [4.69, 9.17) is 0 Å². The van der Waals surface area contributed by atoms with Crippen molar-refractivity contribution in [3.05, 3.63) is 83.9 Å². The molecule has 162 valence electrons. The van der Waals surface area contributed by atoms with Crippen LogP contribution in [0.4, 0.5) is 4.39 Å². The smallest absolute Gasteiger partial charge is 0.250 e. The Bertz CT molecular complexity index is 932. The molecule has 0 radical (unpaired) electrons. The maximum absolute atomic E-state index is 13.2. The Morgan fingerprint density at radius 3 is 2.65 bits per heavy atom. The average molecular weight is 423 g/mol. The topological polar surface area (TPSA) is 64.7 Å². The van der Waals surface area contributed by atoms with E-state index in [1.807, 2.05) is 24.4 Å². The number of fused-ring (bicyclic) bond motifs is 1. The Labute approximate surface area is 181 Å². The fraction of sp³-hybridized carbons (Fsp3) is 0.333. The molecule has 0 spiro atoms. The molecule has 2 aromatic carbocycles. The SMILES string of the molecule is O=C(CCN1C=CN2NC(c3ccc(F)cc3)CC2C1=O)NCCCc1ccccc1. The second kappa shape index (κ2) is 9.75. The van der Waals surface area contributed by atoms with E-state index in [1.54, 1.807) is 28.2 Å². The van der Waals surface area contributed by atoms with Gasteiger partial charge in [0.25, 0.3) is 5.91 Å². The normalized spacial score (nSPS) is 20.1. The van der Waals surface area contributed by atoms with E-state index in [-0.39, 0.29) is 36.1 Å². The van der Waals surface area contributed by atoms with Crippen LogP contribution >= 0.6 is 0 Å². The first-order valence-electron chi connectivity index (χ1n) is 10.7. The van der Waals surface area contributed by atoms with E-state index < -0.39 is 0 Å². The first kappa shape index (κ1) is 21.1. The van der Waals surface area contributed by atoms with E-state index in [0.29, 0.717) is 19.5 Å². The summed E-state index contributed by atoms with van der Waals surface area (Å²) < 4.78 is 13.2. The molecule has 2 heterocycles. The first-order chi connectivity index (χ1) is 15.1. The number of hydrogen-bond acceptors (Lipinski definition) is 4. The minimum atomic E-state index is -0.325. The zero-order chi connectivity index (χ0) is 21.6. The summed E-state index contributed by atoms with van der Waals surface area (Å²) in [5.74, 6) is -0.359. The molecule has 6 nitrogen and oxygen atoms in total. The molecule has 4 rings (SSSR count). The molecular weight excluding hydrogens is 395 g/mol. The van der Waals surface area contributed by atoms with E-state index in [1.165, 1.54) is 17.7 Å². The lowest BCUT2D eigenvalue weighted by Gasteiger charge is -2.31. The maximum Gasteiger partial charge on any atom is 0.250 e. The van der Waals surface area contributed by atoms with Gasteiger partial charge in [0.05, 0.1) is 6.04 Å². The van der Waals surface area contributed by atoms with Crippen molar-refractivity contribution in [2.75, 3.05) is 13.1 Å². The number of amides is 2. The largest absolute Gasteiger partial charge is 0.356 e. The fourth-order valence-corrected chi connectivity index (χ4v) is 4.01. The molecule has 0 bridgehead atoms. The Kier molecular flexibility index (Phi) is 6.62. The van der Waals surface area contributed by atoms with Crippen LogP contribution in [0.3, 0.4) is 0 Å². The minimum Gasteiger partial charge on any atom is -0.356 e. The lowest BCUT2D eigenvalue weighted by Crippen LogP contribution is -2.48. The van der Waals surface area contributed by atoms with Gasteiger partial charge in [-0.3, -0.25) is 9.59 Å². The van der Waals surface area contributed by atoms with Gasteiger partial charge >= 0.3 is 0 Å². The van der Waals surface area contributed by atoms with Crippen LogP contribution in [0.25, 0.3) is 0 Å². The summed E-state index contributed by atoms with van der Waals surface area (Å²) in [6.07, 6.45) is 6.20. The monoisotopic (exact) mass is 422 g/mol. The zero-order valence-electron chi connectivity index (χ0n) is 17.3. The summed E-state index contributed by atoms with van der Waals surface area (Å²) in [7, 11) is 0. The highest BCUT2D eigenvalue weighted by Gasteiger charge is 2.39. The molecule has 2 aliphatic heterocycles. The Hall–Kier alpha value is -3.19. The molecule has 0 saturated carbocycles. The van der Waals surface area contributed by atoms with Crippen LogP contribution in [0.1, 0.15) is 36.4 Å². The second-order valence-electron chi connectivity index (χ2n) is 7.91. The number of halogens is 1. The predicted molar refractivity (Wildman–Crippen MR) is 116 cm³/mol. The lowest BCUT2D eigenvalue weighted by molar-refractivity contribution is -0.134. The number of aryl methyl sites for hydroxylation is 1. The van der Waals surface area contributed by atoms with E-state index >= 15 is 0 Å². The summed E-state index contributed by atoms with van der Waals surface area (Å²) in [5.41, 5.74) is 5.49. The van der Waals surface area contributed by atoms with Crippen LogP contribution in [0.5, 0.6) is 0 Å². The van der Waals surface area contributed by atoms with Gasteiger partial charge in [0.1, 0.15) is 11.9 Å². The third kappa shape index (κ3) is 5.30. The van der Waals surface area contributed by atoms with Crippen molar-refractivity contribution >= 4 is 11.8 Å². The molecule has 0 aliphatic carbocycles. The van der Waals surface area contributed by atoms with Crippen LogP contribution in [0.15, 0.2) is 67.0 Å². The lowest BCUT2D eigenvalue weighted by atomic mass is 10.0. The highest BCUT2D eigenvalue weighted by Crippen LogP contribution is 2.30. The van der Waals surface area contributed by atoms with Gasteiger partial charge in [0.15, 0.2) is 0 Å². The van der Waals surface area contributed by atoms with Gasteiger partial charge in [-0.25, -0.2) is 9.82 Å². The van der Waals surface area contributed by atoms with Crippen molar-refractivity contribution in [3.63, 3.8) is 0 Å². The van der Waals surface area contributed by atoms with Gasteiger partial charge in [-0.2, -0.15) is 0 Å². The number of benzene rings is 2. The van der Waals surface area contributed by atoms with Crippen LogP contribution < -0.4 is 10.7 Å². The average Bonchev–Trinajstić information content (AvgIpc) is 3.23. The Morgan fingerprint density at radius 1 is 1.10 bits per heavy atom.